The molecule has 0 radical (unpaired) electrons. The SMILES string of the molecule is C=N/C(N)=C(Cl)\C(=C/C)Sc1ncc(N2CCC3(CC2)Cc2ccccc2[C@H]3N)nc1C. The third kappa shape index (κ3) is 4.17. The van der Waals surface area contributed by atoms with E-state index >= 15 is 0 Å². The van der Waals surface area contributed by atoms with Gasteiger partial charge in [0, 0.05) is 24.0 Å². The van der Waals surface area contributed by atoms with Crippen LogP contribution in [0.15, 0.2) is 62.3 Å². The first-order valence-electron chi connectivity index (χ1n) is 10.8. The van der Waals surface area contributed by atoms with Crippen LogP contribution in [0.5, 0.6) is 0 Å². The quantitative estimate of drug-likeness (QED) is 0.375. The summed E-state index contributed by atoms with van der Waals surface area (Å²) in [7, 11) is 0. The normalized spacial score (nSPS) is 20.8. The van der Waals surface area contributed by atoms with Gasteiger partial charge in [-0.3, -0.25) is 0 Å². The fourth-order valence-electron chi connectivity index (χ4n) is 4.73. The van der Waals surface area contributed by atoms with Crippen molar-refractivity contribution in [3.05, 3.63) is 69.1 Å². The van der Waals surface area contributed by atoms with E-state index in [0.29, 0.717) is 5.03 Å². The van der Waals surface area contributed by atoms with Crippen LogP contribution < -0.4 is 16.4 Å². The Morgan fingerprint density at radius 1 is 1.34 bits per heavy atom. The molecule has 6 nitrogen and oxygen atoms in total. The molecule has 0 amide bonds. The summed E-state index contributed by atoms with van der Waals surface area (Å²) in [5, 5.41) is 1.16. The molecule has 1 aliphatic carbocycles. The summed E-state index contributed by atoms with van der Waals surface area (Å²) in [5.74, 6) is 1.10. The zero-order chi connectivity index (χ0) is 22.9. The minimum atomic E-state index is 0.113. The lowest BCUT2D eigenvalue weighted by Gasteiger charge is -2.42. The molecule has 1 saturated heterocycles. The molecule has 1 spiro atoms. The van der Waals surface area contributed by atoms with Crippen molar-refractivity contribution in [2.24, 2.45) is 21.9 Å². The monoisotopic (exact) mass is 468 g/mol. The van der Waals surface area contributed by atoms with Crippen LogP contribution in [0.3, 0.4) is 0 Å². The van der Waals surface area contributed by atoms with Gasteiger partial charge in [0.15, 0.2) is 0 Å². The molecule has 8 heteroatoms. The predicted molar refractivity (Wildman–Crippen MR) is 134 cm³/mol. The van der Waals surface area contributed by atoms with Crippen molar-refractivity contribution in [3.63, 3.8) is 0 Å². The number of aryl methyl sites for hydroxylation is 1. The summed E-state index contributed by atoms with van der Waals surface area (Å²) in [6.45, 7) is 9.15. The van der Waals surface area contributed by atoms with Crippen LogP contribution >= 0.6 is 23.4 Å². The van der Waals surface area contributed by atoms with Crippen molar-refractivity contribution in [1.29, 1.82) is 0 Å². The summed E-state index contributed by atoms with van der Waals surface area (Å²) in [4.78, 5) is 16.3. The molecular weight excluding hydrogens is 440 g/mol. The predicted octanol–water partition coefficient (Wildman–Crippen LogP) is 4.69. The Labute approximate surface area is 198 Å². The number of hydrogen-bond acceptors (Lipinski definition) is 7. The van der Waals surface area contributed by atoms with Crippen molar-refractivity contribution in [2.75, 3.05) is 18.0 Å². The second kappa shape index (κ2) is 9.25. The number of aliphatic imine (C=N–C) groups is 1. The van der Waals surface area contributed by atoms with Gasteiger partial charge in [-0.15, -0.1) is 0 Å². The van der Waals surface area contributed by atoms with Crippen molar-refractivity contribution in [3.8, 4) is 0 Å². The standard InChI is InChI=1S/C24H29ClN6S/c1-4-18(20(25)22(27)28-3)32-23-15(2)30-19(14-29-23)31-11-9-24(10-12-31)13-16-7-5-6-8-17(16)21(24)26/h4-8,14,21H,3,9-13,26-27H2,1-2H3/b18-4+,22-20+/t21-/m1/s1. The number of thioether (sulfide) groups is 1. The lowest BCUT2D eigenvalue weighted by atomic mass is 9.73. The van der Waals surface area contributed by atoms with Gasteiger partial charge >= 0.3 is 0 Å². The fourth-order valence-corrected chi connectivity index (χ4v) is 5.83. The van der Waals surface area contributed by atoms with Gasteiger partial charge in [0.25, 0.3) is 0 Å². The van der Waals surface area contributed by atoms with Crippen LogP contribution in [0.2, 0.25) is 0 Å². The van der Waals surface area contributed by atoms with Gasteiger partial charge in [-0.25, -0.2) is 15.0 Å². The highest BCUT2D eigenvalue weighted by molar-refractivity contribution is 8.03. The molecule has 0 saturated carbocycles. The van der Waals surface area contributed by atoms with Crippen LogP contribution in [0, 0.1) is 12.3 Å². The molecule has 1 aromatic heterocycles. The second-order valence-electron chi connectivity index (χ2n) is 8.43. The Bertz CT molecular complexity index is 1090. The molecule has 2 aromatic rings. The molecule has 1 aliphatic heterocycles. The van der Waals surface area contributed by atoms with Gasteiger partial charge in [0.1, 0.15) is 16.7 Å². The zero-order valence-corrected chi connectivity index (χ0v) is 20.1. The summed E-state index contributed by atoms with van der Waals surface area (Å²) in [6.07, 6.45) is 6.90. The minimum Gasteiger partial charge on any atom is -0.382 e. The molecular formula is C24H29ClN6S. The van der Waals surface area contributed by atoms with Crippen LogP contribution in [-0.2, 0) is 6.42 Å². The maximum absolute atomic E-state index is 6.71. The highest BCUT2D eigenvalue weighted by Gasteiger charge is 2.45. The van der Waals surface area contributed by atoms with Crippen molar-refractivity contribution < 1.29 is 0 Å². The molecule has 4 N–H and O–H groups in total. The van der Waals surface area contributed by atoms with E-state index in [1.54, 1.807) is 0 Å². The fraction of sp³-hybridized carbons (Fsp3) is 0.375. The third-order valence-corrected chi connectivity index (χ3v) is 8.41. The largest absolute Gasteiger partial charge is 0.382 e. The van der Waals surface area contributed by atoms with Crippen LogP contribution in [0.4, 0.5) is 5.82 Å². The van der Waals surface area contributed by atoms with Gasteiger partial charge in [-0.1, -0.05) is 53.7 Å². The lowest BCUT2D eigenvalue weighted by Crippen LogP contribution is -2.44. The number of nitrogens with zero attached hydrogens (tertiary/aromatic N) is 4. The first kappa shape index (κ1) is 22.8. The Balaban J connectivity index is 1.45. The molecule has 1 atom stereocenters. The van der Waals surface area contributed by atoms with Gasteiger partial charge < -0.3 is 16.4 Å². The maximum Gasteiger partial charge on any atom is 0.147 e. The highest BCUT2D eigenvalue weighted by Crippen LogP contribution is 2.50. The Hall–Kier alpha value is -2.35. The summed E-state index contributed by atoms with van der Waals surface area (Å²) < 4.78 is 0. The average molecular weight is 469 g/mol. The number of aromatic nitrogens is 2. The van der Waals surface area contributed by atoms with Crippen LogP contribution in [-0.4, -0.2) is 29.8 Å². The van der Waals surface area contributed by atoms with Gasteiger partial charge in [-0.2, -0.15) is 0 Å². The van der Waals surface area contributed by atoms with E-state index in [-0.39, 0.29) is 17.3 Å². The van der Waals surface area contributed by atoms with Gasteiger partial charge in [0.05, 0.1) is 16.9 Å². The Kier molecular flexibility index (Phi) is 6.60. The topological polar surface area (TPSA) is 93.4 Å². The molecule has 168 valence electrons. The summed E-state index contributed by atoms with van der Waals surface area (Å²) >= 11 is 7.75. The first-order chi connectivity index (χ1) is 15.4. The smallest absolute Gasteiger partial charge is 0.147 e. The number of nitrogens with two attached hydrogens (primary N) is 2. The lowest BCUT2D eigenvalue weighted by molar-refractivity contribution is 0.187. The summed E-state index contributed by atoms with van der Waals surface area (Å²) in [5.41, 5.74) is 16.2. The number of benzene rings is 1. The van der Waals surface area contributed by atoms with Crippen molar-refractivity contribution >= 4 is 35.9 Å². The average Bonchev–Trinajstić information content (AvgIpc) is 3.09. The molecule has 4 rings (SSSR count). The number of hydrogen-bond donors (Lipinski definition) is 2. The Morgan fingerprint density at radius 2 is 2.06 bits per heavy atom. The van der Waals surface area contributed by atoms with E-state index in [9.17, 15) is 0 Å². The highest BCUT2D eigenvalue weighted by atomic mass is 35.5. The number of halogens is 1. The molecule has 32 heavy (non-hydrogen) atoms. The number of fused-ring (bicyclic) bond motifs is 1. The van der Waals surface area contributed by atoms with Gasteiger partial charge in [0.2, 0.25) is 0 Å². The minimum absolute atomic E-state index is 0.113. The molecule has 2 aliphatic rings. The van der Waals surface area contributed by atoms with E-state index in [1.165, 1.54) is 22.9 Å². The van der Waals surface area contributed by atoms with E-state index in [2.05, 4.69) is 45.9 Å². The molecule has 0 unspecified atom stereocenters. The van der Waals surface area contributed by atoms with E-state index < -0.39 is 0 Å². The third-order valence-electron chi connectivity index (χ3n) is 6.65. The Morgan fingerprint density at radius 3 is 2.69 bits per heavy atom. The molecule has 1 fully saturated rings. The number of anilines is 1. The van der Waals surface area contributed by atoms with E-state index in [1.807, 2.05) is 26.1 Å². The number of rotatable bonds is 5. The van der Waals surface area contributed by atoms with Crippen LogP contribution in [0.25, 0.3) is 0 Å². The number of piperidine rings is 1. The molecule has 0 bridgehead atoms. The van der Waals surface area contributed by atoms with Crippen molar-refractivity contribution in [2.45, 2.75) is 44.2 Å². The van der Waals surface area contributed by atoms with Gasteiger partial charge in [-0.05, 0) is 56.4 Å². The zero-order valence-electron chi connectivity index (χ0n) is 18.5. The number of allylic oxidation sites excluding steroid dienone is 2. The first-order valence-corrected chi connectivity index (χ1v) is 12.0. The molecule has 1 aromatic carbocycles. The van der Waals surface area contributed by atoms with E-state index in [4.69, 9.17) is 28.1 Å². The second-order valence-corrected chi connectivity index (χ2v) is 9.84. The maximum atomic E-state index is 6.71. The van der Waals surface area contributed by atoms with Crippen LogP contribution in [0.1, 0.15) is 42.6 Å². The summed E-state index contributed by atoms with van der Waals surface area (Å²) in [6, 6.07) is 8.73. The van der Waals surface area contributed by atoms with E-state index in [0.717, 1.165) is 53.8 Å². The molecule has 2 heterocycles. The van der Waals surface area contributed by atoms with Crippen molar-refractivity contribution in [1.82, 2.24) is 9.97 Å².